The van der Waals surface area contributed by atoms with Gasteiger partial charge in [-0.2, -0.15) is 0 Å². The first kappa shape index (κ1) is 20.8. The molecule has 0 atom stereocenters. The Morgan fingerprint density at radius 1 is 0.879 bits per heavy atom. The Morgan fingerprint density at radius 2 is 1.64 bits per heavy atom. The van der Waals surface area contributed by atoms with Crippen molar-refractivity contribution in [2.24, 2.45) is 0 Å². The van der Waals surface area contributed by atoms with E-state index in [1.54, 1.807) is 0 Å². The predicted molar refractivity (Wildman–Crippen MR) is 127 cm³/mol. The summed E-state index contributed by atoms with van der Waals surface area (Å²) in [6, 6.07) is 21.3. The Morgan fingerprint density at radius 3 is 2.39 bits per heavy atom. The molecule has 0 spiro atoms. The van der Waals surface area contributed by atoms with Crippen LogP contribution in [-0.2, 0) is 11.2 Å². The van der Waals surface area contributed by atoms with Crippen LogP contribution in [0.5, 0.6) is 0 Å². The third-order valence-corrected chi connectivity index (χ3v) is 5.92. The van der Waals surface area contributed by atoms with E-state index in [0.717, 1.165) is 22.6 Å². The molecule has 166 valence electrons. The minimum atomic E-state index is -0.233. The zero-order valence-electron chi connectivity index (χ0n) is 18.1. The molecule has 33 heavy (non-hydrogen) atoms. The standard InChI is InChI=1S/C25H24N6O2/c32-24(13-11-22-25(33)27-21-9-5-4-8-20(21)26-22)31-16-14-30(15-17-31)23-12-10-19(28-29-23)18-6-2-1-3-7-18/h1-10,12H,11,13-17H2,(H,27,33). The molecule has 3 heterocycles. The first-order valence-corrected chi connectivity index (χ1v) is 11.1. The minimum Gasteiger partial charge on any atom is -0.352 e. The topological polar surface area (TPSA) is 95.1 Å². The van der Waals surface area contributed by atoms with E-state index in [1.165, 1.54) is 0 Å². The van der Waals surface area contributed by atoms with Crippen molar-refractivity contribution in [3.8, 4) is 11.3 Å². The Balaban J connectivity index is 1.16. The molecular weight excluding hydrogens is 416 g/mol. The minimum absolute atomic E-state index is 0.0366. The van der Waals surface area contributed by atoms with Crippen LogP contribution in [0.25, 0.3) is 22.3 Å². The number of carbonyl (C=O) groups excluding carboxylic acids is 1. The molecule has 8 heteroatoms. The fraction of sp³-hybridized carbons (Fsp3) is 0.240. The van der Waals surface area contributed by atoms with Crippen molar-refractivity contribution < 1.29 is 4.79 Å². The monoisotopic (exact) mass is 440 g/mol. The van der Waals surface area contributed by atoms with E-state index in [9.17, 15) is 9.59 Å². The molecule has 0 bridgehead atoms. The summed E-state index contributed by atoms with van der Waals surface area (Å²) in [5, 5.41) is 8.74. The zero-order chi connectivity index (χ0) is 22.6. The summed E-state index contributed by atoms with van der Waals surface area (Å²) >= 11 is 0. The second-order valence-corrected chi connectivity index (χ2v) is 8.04. The first-order chi connectivity index (χ1) is 16.2. The van der Waals surface area contributed by atoms with Crippen molar-refractivity contribution in [1.29, 1.82) is 0 Å². The fourth-order valence-corrected chi connectivity index (χ4v) is 4.06. The number of hydrogen-bond acceptors (Lipinski definition) is 6. The fourth-order valence-electron chi connectivity index (χ4n) is 4.06. The summed E-state index contributed by atoms with van der Waals surface area (Å²) in [5.74, 6) is 0.850. The number of benzene rings is 2. The molecule has 2 aromatic carbocycles. The summed E-state index contributed by atoms with van der Waals surface area (Å²) in [6.07, 6.45) is 0.589. The molecule has 1 fully saturated rings. The van der Waals surface area contributed by atoms with Gasteiger partial charge in [0.1, 0.15) is 5.69 Å². The van der Waals surface area contributed by atoms with E-state index in [-0.39, 0.29) is 17.9 Å². The number of H-pyrrole nitrogens is 1. The van der Waals surface area contributed by atoms with E-state index in [1.807, 2.05) is 71.6 Å². The molecule has 2 aromatic heterocycles. The molecule has 1 amide bonds. The van der Waals surface area contributed by atoms with Crippen LogP contribution in [0.2, 0.25) is 0 Å². The normalized spacial score (nSPS) is 13.9. The third kappa shape index (κ3) is 4.59. The maximum Gasteiger partial charge on any atom is 0.270 e. The number of para-hydroxylation sites is 2. The zero-order valence-corrected chi connectivity index (χ0v) is 18.1. The van der Waals surface area contributed by atoms with Gasteiger partial charge in [0, 0.05) is 44.6 Å². The van der Waals surface area contributed by atoms with Gasteiger partial charge in [-0.25, -0.2) is 4.98 Å². The molecule has 0 saturated carbocycles. The molecule has 5 rings (SSSR count). The SMILES string of the molecule is O=C(CCc1nc2ccccc2[nH]c1=O)N1CCN(c2ccc(-c3ccccc3)nn2)CC1. The number of nitrogens with one attached hydrogen (secondary N) is 1. The van der Waals surface area contributed by atoms with Crippen molar-refractivity contribution in [3.63, 3.8) is 0 Å². The van der Waals surface area contributed by atoms with Crippen LogP contribution in [0, 0.1) is 0 Å². The smallest absolute Gasteiger partial charge is 0.270 e. The molecule has 0 aliphatic carbocycles. The molecule has 1 aliphatic rings. The Hall–Kier alpha value is -4.07. The third-order valence-electron chi connectivity index (χ3n) is 5.92. The second kappa shape index (κ2) is 9.20. The van der Waals surface area contributed by atoms with E-state index >= 15 is 0 Å². The van der Waals surface area contributed by atoms with Crippen LogP contribution in [0.1, 0.15) is 12.1 Å². The Bertz CT molecular complexity index is 1310. The molecular formula is C25H24N6O2. The molecule has 0 radical (unpaired) electrons. The van der Waals surface area contributed by atoms with Gasteiger partial charge in [-0.3, -0.25) is 9.59 Å². The maximum absolute atomic E-state index is 12.7. The van der Waals surface area contributed by atoms with Crippen LogP contribution in [0.4, 0.5) is 5.82 Å². The number of anilines is 1. The highest BCUT2D eigenvalue weighted by Crippen LogP contribution is 2.19. The molecule has 1 N–H and O–H groups in total. The number of carbonyl (C=O) groups is 1. The molecule has 4 aromatic rings. The predicted octanol–water partition coefficient (Wildman–Crippen LogP) is 2.66. The number of amides is 1. The van der Waals surface area contributed by atoms with Crippen molar-refractivity contribution in [2.75, 3.05) is 31.1 Å². The quantitative estimate of drug-likeness (QED) is 0.513. The summed E-state index contributed by atoms with van der Waals surface area (Å²) in [4.78, 5) is 36.3. The number of nitrogens with zero attached hydrogens (tertiary/aromatic N) is 5. The van der Waals surface area contributed by atoms with Gasteiger partial charge in [0.2, 0.25) is 5.91 Å². The lowest BCUT2D eigenvalue weighted by atomic mass is 10.1. The molecule has 8 nitrogen and oxygen atoms in total. The van der Waals surface area contributed by atoms with Gasteiger partial charge in [-0.05, 0) is 24.3 Å². The summed E-state index contributed by atoms with van der Waals surface area (Å²) < 4.78 is 0. The van der Waals surface area contributed by atoms with Gasteiger partial charge >= 0.3 is 0 Å². The van der Waals surface area contributed by atoms with Crippen molar-refractivity contribution in [1.82, 2.24) is 25.1 Å². The second-order valence-electron chi connectivity index (χ2n) is 8.04. The summed E-state index contributed by atoms with van der Waals surface area (Å²) in [6.45, 7) is 2.62. The molecule has 0 unspecified atom stereocenters. The average Bonchev–Trinajstić information content (AvgIpc) is 2.88. The van der Waals surface area contributed by atoms with Crippen LogP contribution in [-0.4, -0.2) is 57.2 Å². The maximum atomic E-state index is 12.7. The highest BCUT2D eigenvalue weighted by molar-refractivity contribution is 5.77. The van der Waals surface area contributed by atoms with E-state index in [4.69, 9.17) is 0 Å². The number of aromatic amines is 1. The van der Waals surface area contributed by atoms with Crippen LogP contribution in [0.3, 0.4) is 0 Å². The average molecular weight is 441 g/mol. The van der Waals surface area contributed by atoms with Gasteiger partial charge in [0.05, 0.1) is 16.7 Å². The lowest BCUT2D eigenvalue weighted by molar-refractivity contribution is -0.131. The van der Waals surface area contributed by atoms with Crippen LogP contribution in [0.15, 0.2) is 71.5 Å². The summed E-state index contributed by atoms with van der Waals surface area (Å²) in [7, 11) is 0. The number of aromatic nitrogens is 4. The van der Waals surface area contributed by atoms with Gasteiger partial charge in [0.15, 0.2) is 5.82 Å². The van der Waals surface area contributed by atoms with Crippen LogP contribution >= 0.6 is 0 Å². The number of rotatable bonds is 5. The number of hydrogen-bond donors (Lipinski definition) is 1. The van der Waals surface area contributed by atoms with Gasteiger partial charge in [-0.15, -0.1) is 10.2 Å². The first-order valence-electron chi connectivity index (χ1n) is 11.1. The van der Waals surface area contributed by atoms with Crippen molar-refractivity contribution in [2.45, 2.75) is 12.8 Å². The Labute approximate surface area is 190 Å². The lowest BCUT2D eigenvalue weighted by Crippen LogP contribution is -2.49. The van der Waals surface area contributed by atoms with E-state index < -0.39 is 0 Å². The summed E-state index contributed by atoms with van der Waals surface area (Å²) in [5.41, 5.74) is 3.47. The number of fused-ring (bicyclic) bond motifs is 1. The lowest BCUT2D eigenvalue weighted by Gasteiger charge is -2.35. The highest BCUT2D eigenvalue weighted by Gasteiger charge is 2.22. The van der Waals surface area contributed by atoms with Gasteiger partial charge in [0.25, 0.3) is 5.56 Å². The highest BCUT2D eigenvalue weighted by atomic mass is 16.2. The Kier molecular flexibility index (Phi) is 5.80. The van der Waals surface area contributed by atoms with Crippen LogP contribution < -0.4 is 10.5 Å². The van der Waals surface area contributed by atoms with E-state index in [2.05, 4.69) is 25.1 Å². The van der Waals surface area contributed by atoms with E-state index in [0.29, 0.717) is 43.8 Å². The molecule has 1 aliphatic heterocycles. The number of piperazine rings is 1. The van der Waals surface area contributed by atoms with Crippen molar-refractivity contribution in [3.05, 3.63) is 82.8 Å². The van der Waals surface area contributed by atoms with Crippen molar-refractivity contribution >= 4 is 22.8 Å². The largest absolute Gasteiger partial charge is 0.352 e. The number of aryl methyl sites for hydroxylation is 1. The molecule has 1 saturated heterocycles. The van der Waals surface area contributed by atoms with Gasteiger partial charge in [-0.1, -0.05) is 42.5 Å². The van der Waals surface area contributed by atoms with Gasteiger partial charge < -0.3 is 14.8 Å².